The quantitative estimate of drug-likeness (QED) is 0.789. The number of benzene rings is 2. The fourth-order valence-corrected chi connectivity index (χ4v) is 2.80. The van der Waals surface area contributed by atoms with Crippen molar-refractivity contribution in [3.8, 4) is 0 Å². The van der Waals surface area contributed by atoms with Crippen LogP contribution < -0.4 is 0 Å². The average Bonchev–Trinajstić information content (AvgIpc) is 2.55. The molecule has 1 aliphatic heterocycles. The van der Waals surface area contributed by atoms with Gasteiger partial charge in [-0.1, -0.05) is 42.5 Å². The van der Waals surface area contributed by atoms with Crippen molar-refractivity contribution in [2.75, 3.05) is 19.7 Å². The Kier molecular flexibility index (Phi) is 6.27. The van der Waals surface area contributed by atoms with E-state index in [2.05, 4.69) is 17.0 Å². The van der Waals surface area contributed by atoms with E-state index < -0.39 is 11.7 Å². The van der Waals surface area contributed by atoms with Gasteiger partial charge in [-0.3, -0.25) is 4.90 Å². The highest BCUT2D eigenvalue weighted by atomic mass is 35.5. The van der Waals surface area contributed by atoms with Gasteiger partial charge in [-0.25, -0.2) is 0 Å². The summed E-state index contributed by atoms with van der Waals surface area (Å²) in [5.41, 5.74) is 1.15. The van der Waals surface area contributed by atoms with E-state index in [0.29, 0.717) is 18.7 Å². The minimum absolute atomic E-state index is 0. The van der Waals surface area contributed by atoms with Crippen molar-refractivity contribution in [1.29, 1.82) is 0 Å². The van der Waals surface area contributed by atoms with Crippen LogP contribution in [0.1, 0.15) is 22.8 Å². The van der Waals surface area contributed by atoms with Crippen molar-refractivity contribution in [2.24, 2.45) is 0 Å². The van der Waals surface area contributed by atoms with Crippen molar-refractivity contribution < 1.29 is 17.9 Å². The zero-order chi connectivity index (χ0) is 16.3. The summed E-state index contributed by atoms with van der Waals surface area (Å²) >= 11 is 0. The fraction of sp³-hybridized carbons (Fsp3) is 0.333. The maximum absolute atomic E-state index is 12.8. The Hall–Kier alpha value is -1.56. The lowest BCUT2D eigenvalue weighted by Crippen LogP contribution is -2.37. The van der Waals surface area contributed by atoms with E-state index in [4.69, 9.17) is 4.74 Å². The minimum Gasteiger partial charge on any atom is -0.371 e. The van der Waals surface area contributed by atoms with Gasteiger partial charge in [-0.15, -0.1) is 12.4 Å². The highest BCUT2D eigenvalue weighted by Gasteiger charge is 2.31. The molecule has 0 radical (unpaired) electrons. The third-order valence-electron chi connectivity index (χ3n) is 3.99. The van der Waals surface area contributed by atoms with Gasteiger partial charge in [0.1, 0.15) is 0 Å². The van der Waals surface area contributed by atoms with E-state index in [1.165, 1.54) is 17.7 Å². The number of hydrogen-bond acceptors (Lipinski definition) is 2. The summed E-state index contributed by atoms with van der Waals surface area (Å²) in [4.78, 5) is 2.21. The van der Waals surface area contributed by atoms with E-state index >= 15 is 0 Å². The average molecular weight is 358 g/mol. The Morgan fingerprint density at radius 1 is 1.04 bits per heavy atom. The van der Waals surface area contributed by atoms with Crippen molar-refractivity contribution in [3.05, 3.63) is 71.3 Å². The Balaban J connectivity index is 0.00000208. The van der Waals surface area contributed by atoms with E-state index in [1.54, 1.807) is 6.07 Å². The van der Waals surface area contributed by atoms with E-state index in [1.807, 2.05) is 18.2 Å². The zero-order valence-electron chi connectivity index (χ0n) is 13.0. The van der Waals surface area contributed by atoms with E-state index in [9.17, 15) is 13.2 Å². The van der Waals surface area contributed by atoms with Crippen LogP contribution in [0.15, 0.2) is 54.6 Å². The van der Waals surface area contributed by atoms with Crippen molar-refractivity contribution >= 4 is 12.4 Å². The van der Waals surface area contributed by atoms with Gasteiger partial charge >= 0.3 is 6.18 Å². The lowest BCUT2D eigenvalue weighted by Gasteiger charge is -2.33. The standard InChI is InChI=1S/C18H18F3NO.ClH/c19-18(20,21)16-8-4-7-15(11-16)17-13-22(9-10-23-17)12-14-5-2-1-3-6-14;/h1-8,11,17H,9-10,12-13H2;1H. The summed E-state index contributed by atoms with van der Waals surface area (Å²) in [6.07, 6.45) is -4.65. The molecule has 0 N–H and O–H groups in total. The summed E-state index contributed by atoms with van der Waals surface area (Å²) < 4.78 is 44.2. The van der Waals surface area contributed by atoms with Crippen LogP contribution in [0.2, 0.25) is 0 Å². The summed E-state index contributed by atoms with van der Waals surface area (Å²) in [5.74, 6) is 0. The molecular formula is C18H19ClF3NO. The molecular weight excluding hydrogens is 339 g/mol. The van der Waals surface area contributed by atoms with Crippen LogP contribution >= 0.6 is 12.4 Å². The predicted molar refractivity (Wildman–Crippen MR) is 89.1 cm³/mol. The molecule has 2 nitrogen and oxygen atoms in total. The first-order valence-corrected chi connectivity index (χ1v) is 7.57. The predicted octanol–water partition coefficient (Wildman–Crippen LogP) is 4.70. The Morgan fingerprint density at radius 3 is 2.50 bits per heavy atom. The third-order valence-corrected chi connectivity index (χ3v) is 3.99. The van der Waals surface area contributed by atoms with Gasteiger partial charge in [0.05, 0.1) is 18.3 Å². The maximum Gasteiger partial charge on any atom is 0.416 e. The molecule has 1 aliphatic rings. The molecule has 1 saturated heterocycles. The number of alkyl halides is 3. The minimum atomic E-state index is -4.32. The highest BCUT2D eigenvalue weighted by molar-refractivity contribution is 5.85. The molecule has 24 heavy (non-hydrogen) atoms. The van der Waals surface area contributed by atoms with Gasteiger partial charge in [0.2, 0.25) is 0 Å². The van der Waals surface area contributed by atoms with E-state index in [0.717, 1.165) is 19.2 Å². The van der Waals surface area contributed by atoms with Gasteiger partial charge in [-0.2, -0.15) is 13.2 Å². The van der Waals surface area contributed by atoms with E-state index in [-0.39, 0.29) is 18.5 Å². The molecule has 0 spiro atoms. The number of ether oxygens (including phenoxy) is 1. The van der Waals surface area contributed by atoms with Crippen LogP contribution in [0.4, 0.5) is 13.2 Å². The monoisotopic (exact) mass is 357 g/mol. The molecule has 130 valence electrons. The van der Waals surface area contributed by atoms with Gasteiger partial charge in [0.15, 0.2) is 0 Å². The summed E-state index contributed by atoms with van der Waals surface area (Å²) in [5, 5.41) is 0. The molecule has 1 heterocycles. The lowest BCUT2D eigenvalue weighted by atomic mass is 10.0. The number of nitrogens with zero attached hydrogens (tertiary/aromatic N) is 1. The first kappa shape index (κ1) is 18.8. The first-order valence-electron chi connectivity index (χ1n) is 7.57. The first-order chi connectivity index (χ1) is 11.0. The van der Waals surface area contributed by atoms with Crippen molar-refractivity contribution in [2.45, 2.75) is 18.8 Å². The van der Waals surface area contributed by atoms with Crippen LogP contribution in [0.3, 0.4) is 0 Å². The van der Waals surface area contributed by atoms with Crippen LogP contribution in [0, 0.1) is 0 Å². The zero-order valence-corrected chi connectivity index (χ0v) is 13.8. The van der Waals surface area contributed by atoms with Gasteiger partial charge < -0.3 is 4.74 Å². The summed E-state index contributed by atoms with van der Waals surface area (Å²) in [6.45, 7) is 2.67. The molecule has 0 aliphatic carbocycles. The topological polar surface area (TPSA) is 12.5 Å². The molecule has 6 heteroatoms. The van der Waals surface area contributed by atoms with Crippen LogP contribution in [-0.2, 0) is 17.5 Å². The molecule has 2 aromatic carbocycles. The largest absolute Gasteiger partial charge is 0.416 e. The van der Waals surface area contributed by atoms with Crippen LogP contribution in [0.25, 0.3) is 0 Å². The van der Waals surface area contributed by atoms with Gasteiger partial charge in [0.25, 0.3) is 0 Å². The van der Waals surface area contributed by atoms with Crippen LogP contribution in [-0.4, -0.2) is 24.6 Å². The number of rotatable bonds is 3. The van der Waals surface area contributed by atoms with Crippen LogP contribution in [0.5, 0.6) is 0 Å². The van der Waals surface area contributed by atoms with Gasteiger partial charge in [-0.05, 0) is 23.3 Å². The molecule has 3 rings (SSSR count). The Morgan fingerprint density at radius 2 is 1.79 bits per heavy atom. The summed E-state index contributed by atoms with van der Waals surface area (Å²) in [6, 6.07) is 15.5. The maximum atomic E-state index is 12.8. The number of halogens is 4. The molecule has 0 saturated carbocycles. The second kappa shape index (κ2) is 8.01. The smallest absolute Gasteiger partial charge is 0.371 e. The second-order valence-electron chi connectivity index (χ2n) is 5.70. The SMILES string of the molecule is Cl.FC(F)(F)c1cccc(C2CN(Cc3ccccc3)CCO2)c1. The fourth-order valence-electron chi connectivity index (χ4n) is 2.80. The molecule has 0 amide bonds. The second-order valence-corrected chi connectivity index (χ2v) is 5.70. The van der Waals surface area contributed by atoms with Gasteiger partial charge in [0, 0.05) is 19.6 Å². The Bertz CT molecular complexity index is 648. The third kappa shape index (κ3) is 4.72. The number of morpholine rings is 1. The molecule has 1 fully saturated rings. The molecule has 2 aromatic rings. The molecule has 1 unspecified atom stereocenters. The Labute approximate surface area is 145 Å². The molecule has 0 bridgehead atoms. The van der Waals surface area contributed by atoms with Crippen molar-refractivity contribution in [3.63, 3.8) is 0 Å². The number of hydrogen-bond donors (Lipinski definition) is 0. The molecule has 0 aromatic heterocycles. The van der Waals surface area contributed by atoms with Crippen molar-refractivity contribution in [1.82, 2.24) is 4.90 Å². The summed E-state index contributed by atoms with van der Waals surface area (Å²) in [7, 11) is 0. The molecule has 1 atom stereocenters. The normalized spacial score (nSPS) is 18.9. The highest BCUT2D eigenvalue weighted by Crippen LogP contribution is 2.32. The lowest BCUT2D eigenvalue weighted by molar-refractivity contribution is -0.137.